The average molecular weight is 252 g/mol. The molecule has 1 N–H and O–H groups in total. The largest absolute Gasteiger partial charge is 0.379 e. The zero-order valence-electron chi connectivity index (χ0n) is 10.8. The van der Waals surface area contributed by atoms with Crippen LogP contribution in [-0.4, -0.2) is 56.0 Å². The molecule has 0 bridgehead atoms. The van der Waals surface area contributed by atoms with Crippen LogP contribution >= 0.6 is 0 Å². The fourth-order valence-corrected chi connectivity index (χ4v) is 1.62. The quantitative estimate of drug-likeness (QED) is 0.415. The van der Waals surface area contributed by atoms with Crippen LogP contribution in [-0.2, 0) is 14.3 Å². The van der Waals surface area contributed by atoms with Gasteiger partial charge >= 0.3 is 0 Å². The summed E-state index contributed by atoms with van der Waals surface area (Å²) in [6.45, 7) is 13.0. The number of amides is 1. The summed E-state index contributed by atoms with van der Waals surface area (Å²) in [4.78, 5) is 25.3. The topological polar surface area (TPSA) is 58.6 Å². The molecule has 1 amide bonds. The van der Waals surface area contributed by atoms with Gasteiger partial charge in [-0.2, -0.15) is 0 Å². The van der Waals surface area contributed by atoms with Gasteiger partial charge in [0, 0.05) is 26.2 Å². The van der Waals surface area contributed by atoms with E-state index in [4.69, 9.17) is 4.74 Å². The van der Waals surface area contributed by atoms with Crippen molar-refractivity contribution in [1.82, 2.24) is 10.2 Å². The van der Waals surface area contributed by atoms with Crippen LogP contribution in [0.25, 0.3) is 0 Å². The van der Waals surface area contributed by atoms with E-state index in [0.29, 0.717) is 12.1 Å². The molecule has 0 saturated carbocycles. The fraction of sp³-hybridized carbons (Fsp3) is 0.538. The monoisotopic (exact) mass is 252 g/mol. The van der Waals surface area contributed by atoms with Crippen LogP contribution in [0.15, 0.2) is 24.3 Å². The molecule has 0 aromatic carbocycles. The van der Waals surface area contributed by atoms with Gasteiger partial charge in [-0.3, -0.25) is 14.5 Å². The molecule has 0 atom stereocenters. The molecule has 100 valence electrons. The van der Waals surface area contributed by atoms with E-state index >= 15 is 0 Å². The lowest BCUT2D eigenvalue weighted by Gasteiger charge is -2.26. The first-order valence-electron chi connectivity index (χ1n) is 5.99. The Balaban J connectivity index is 2.26. The molecule has 5 nitrogen and oxygen atoms in total. The Morgan fingerprint density at radius 1 is 1.28 bits per heavy atom. The summed E-state index contributed by atoms with van der Waals surface area (Å²) in [5.41, 5.74) is 0.271. The molecular weight excluding hydrogens is 232 g/mol. The van der Waals surface area contributed by atoms with Crippen molar-refractivity contribution >= 4 is 11.7 Å². The maximum atomic E-state index is 11.6. The molecule has 0 radical (unpaired) electrons. The van der Waals surface area contributed by atoms with E-state index in [1.165, 1.54) is 0 Å². The maximum absolute atomic E-state index is 11.6. The lowest BCUT2D eigenvalue weighted by Crippen LogP contribution is -2.41. The number of rotatable bonds is 6. The highest BCUT2D eigenvalue weighted by atomic mass is 16.5. The van der Waals surface area contributed by atoms with Gasteiger partial charge in [-0.25, -0.2) is 0 Å². The molecule has 0 aliphatic carbocycles. The Kier molecular flexibility index (Phi) is 5.74. The summed E-state index contributed by atoms with van der Waals surface area (Å²) < 4.78 is 5.23. The van der Waals surface area contributed by atoms with Crippen molar-refractivity contribution in [2.75, 3.05) is 39.4 Å². The van der Waals surface area contributed by atoms with E-state index in [0.717, 1.165) is 32.8 Å². The molecule has 0 spiro atoms. The highest BCUT2D eigenvalue weighted by Gasteiger charge is 2.16. The predicted octanol–water partition coefficient (Wildman–Crippen LogP) is 0.136. The van der Waals surface area contributed by atoms with Gasteiger partial charge in [0.2, 0.25) is 0 Å². The first-order valence-corrected chi connectivity index (χ1v) is 5.99. The molecule has 1 fully saturated rings. The normalized spacial score (nSPS) is 16.1. The number of hydrogen-bond donors (Lipinski definition) is 1. The molecule has 5 heteroatoms. The van der Waals surface area contributed by atoms with Crippen LogP contribution in [0.1, 0.15) is 6.92 Å². The van der Waals surface area contributed by atoms with Gasteiger partial charge in [0.25, 0.3) is 5.91 Å². The summed E-state index contributed by atoms with van der Waals surface area (Å²) >= 11 is 0. The maximum Gasteiger partial charge on any atom is 0.254 e. The molecule has 0 aromatic rings. The second kappa shape index (κ2) is 7.08. The van der Waals surface area contributed by atoms with Crippen molar-refractivity contribution in [2.45, 2.75) is 6.92 Å². The number of Topliss-reactive ketones (excluding diaryl/α,β-unsaturated/α-hetero) is 1. The Hall–Kier alpha value is -1.46. The van der Waals surface area contributed by atoms with Crippen molar-refractivity contribution in [1.29, 1.82) is 0 Å². The summed E-state index contributed by atoms with van der Waals surface area (Å²) in [5, 5.41) is 2.68. The first-order chi connectivity index (χ1) is 8.52. The third-order valence-corrected chi connectivity index (χ3v) is 2.75. The zero-order valence-corrected chi connectivity index (χ0v) is 10.8. The second-order valence-electron chi connectivity index (χ2n) is 4.30. The number of morpholine rings is 1. The smallest absolute Gasteiger partial charge is 0.254 e. The van der Waals surface area contributed by atoms with Crippen LogP contribution in [0.3, 0.4) is 0 Å². The summed E-state index contributed by atoms with van der Waals surface area (Å²) in [6, 6.07) is 0. The third-order valence-electron chi connectivity index (χ3n) is 2.75. The number of hydrogen-bond acceptors (Lipinski definition) is 4. The highest BCUT2D eigenvalue weighted by molar-refractivity contribution is 6.24. The summed E-state index contributed by atoms with van der Waals surface area (Å²) in [7, 11) is 0. The Labute approximate surface area is 107 Å². The van der Waals surface area contributed by atoms with Gasteiger partial charge in [0.15, 0.2) is 5.78 Å². The molecular formula is C13H20N2O3. The van der Waals surface area contributed by atoms with Crippen LogP contribution in [0.4, 0.5) is 0 Å². The average Bonchev–Trinajstić information content (AvgIpc) is 2.38. The van der Waals surface area contributed by atoms with Gasteiger partial charge in [0.05, 0.1) is 18.8 Å². The standard InChI is InChI=1S/C13H20N2O3/c1-10(2)12(16)11(3)13(17)14-4-5-15-6-8-18-9-7-15/h1,3-9H2,2H3,(H,14,17). The molecule has 1 saturated heterocycles. The highest BCUT2D eigenvalue weighted by Crippen LogP contribution is 2.01. The lowest BCUT2D eigenvalue weighted by atomic mass is 10.1. The van der Waals surface area contributed by atoms with Crippen LogP contribution in [0, 0.1) is 0 Å². The number of ether oxygens (including phenoxy) is 1. The van der Waals surface area contributed by atoms with Gasteiger partial charge < -0.3 is 10.1 Å². The number of carbonyl (C=O) groups is 2. The number of nitrogens with zero attached hydrogens (tertiary/aromatic N) is 1. The Bertz CT molecular complexity index is 357. The second-order valence-corrected chi connectivity index (χ2v) is 4.30. The van der Waals surface area contributed by atoms with E-state index in [-0.39, 0.29) is 11.4 Å². The van der Waals surface area contributed by atoms with Crippen molar-refractivity contribution in [3.63, 3.8) is 0 Å². The lowest BCUT2D eigenvalue weighted by molar-refractivity contribution is -0.121. The minimum atomic E-state index is -0.420. The molecule has 0 unspecified atom stereocenters. The minimum absolute atomic E-state index is 0.0514. The number of ketones is 1. The van der Waals surface area contributed by atoms with E-state index in [9.17, 15) is 9.59 Å². The zero-order chi connectivity index (χ0) is 13.5. The molecule has 1 aliphatic heterocycles. The van der Waals surface area contributed by atoms with E-state index in [2.05, 4.69) is 23.4 Å². The third kappa shape index (κ3) is 4.43. The van der Waals surface area contributed by atoms with Crippen molar-refractivity contribution < 1.29 is 14.3 Å². The van der Waals surface area contributed by atoms with Crippen molar-refractivity contribution in [2.24, 2.45) is 0 Å². The molecule has 1 rings (SSSR count). The first kappa shape index (κ1) is 14.6. The van der Waals surface area contributed by atoms with Crippen LogP contribution < -0.4 is 5.32 Å². The number of carbonyl (C=O) groups excluding carboxylic acids is 2. The van der Waals surface area contributed by atoms with E-state index in [1.807, 2.05) is 0 Å². The van der Waals surface area contributed by atoms with E-state index in [1.54, 1.807) is 6.92 Å². The SMILES string of the molecule is C=C(C)C(=O)C(=C)C(=O)NCCN1CCOCC1. The summed E-state index contributed by atoms with van der Waals surface area (Å²) in [5.74, 6) is -0.810. The summed E-state index contributed by atoms with van der Waals surface area (Å²) in [6.07, 6.45) is 0. The Morgan fingerprint density at radius 3 is 2.44 bits per heavy atom. The fourth-order valence-electron chi connectivity index (χ4n) is 1.62. The number of nitrogens with one attached hydrogen (secondary N) is 1. The molecule has 1 aliphatic rings. The van der Waals surface area contributed by atoms with Gasteiger partial charge in [-0.15, -0.1) is 0 Å². The van der Waals surface area contributed by atoms with Crippen molar-refractivity contribution in [3.8, 4) is 0 Å². The predicted molar refractivity (Wildman–Crippen MR) is 69.2 cm³/mol. The van der Waals surface area contributed by atoms with Gasteiger partial charge in [0.1, 0.15) is 0 Å². The molecule has 0 aromatic heterocycles. The minimum Gasteiger partial charge on any atom is -0.379 e. The van der Waals surface area contributed by atoms with Gasteiger partial charge in [-0.05, 0) is 12.5 Å². The van der Waals surface area contributed by atoms with E-state index < -0.39 is 5.91 Å². The van der Waals surface area contributed by atoms with Crippen LogP contribution in [0.5, 0.6) is 0 Å². The molecule has 1 heterocycles. The molecule has 18 heavy (non-hydrogen) atoms. The number of allylic oxidation sites excluding steroid dienone is 1. The van der Waals surface area contributed by atoms with Gasteiger partial charge in [-0.1, -0.05) is 13.2 Å². The van der Waals surface area contributed by atoms with Crippen molar-refractivity contribution in [3.05, 3.63) is 24.3 Å². The Morgan fingerprint density at radius 2 is 1.89 bits per heavy atom. The van der Waals surface area contributed by atoms with Crippen LogP contribution in [0.2, 0.25) is 0 Å².